The van der Waals surface area contributed by atoms with Crippen molar-refractivity contribution in [3.63, 3.8) is 0 Å². The number of ether oxygens (including phenoxy) is 2. The van der Waals surface area contributed by atoms with Crippen molar-refractivity contribution in [2.75, 3.05) is 25.1 Å². The Morgan fingerprint density at radius 1 is 1.42 bits per heavy atom. The molecule has 1 saturated heterocycles. The highest BCUT2D eigenvalue weighted by atomic mass is 19.3. The molecule has 0 amide bonds. The van der Waals surface area contributed by atoms with Crippen LogP contribution in [0, 0.1) is 0 Å². The molecule has 1 aliphatic heterocycles. The van der Waals surface area contributed by atoms with E-state index in [2.05, 4.69) is 15.4 Å². The van der Waals surface area contributed by atoms with Crippen LogP contribution in [0.5, 0.6) is 0 Å². The van der Waals surface area contributed by atoms with Crippen molar-refractivity contribution in [2.24, 2.45) is 0 Å². The smallest absolute Gasteiger partial charge is 0.342 e. The standard InChI is InChI=1S/C17H22F2N4O3/c1-3-23-16-11(9-20-23)13(21-10-5-7-25-8-6-10)12(17(24)26-4-2)14(22-16)15(18)19/h9-10,15H,3-8H2,1-2H3,(H,21,22). The second kappa shape index (κ2) is 7.94. The van der Waals surface area contributed by atoms with Crippen LogP contribution in [0.3, 0.4) is 0 Å². The van der Waals surface area contributed by atoms with Gasteiger partial charge in [0.2, 0.25) is 0 Å². The monoisotopic (exact) mass is 368 g/mol. The van der Waals surface area contributed by atoms with E-state index in [4.69, 9.17) is 9.47 Å². The molecule has 2 aromatic rings. The Morgan fingerprint density at radius 3 is 2.77 bits per heavy atom. The van der Waals surface area contributed by atoms with Crippen molar-refractivity contribution in [1.29, 1.82) is 0 Å². The summed E-state index contributed by atoms with van der Waals surface area (Å²) in [6, 6.07) is 0.0121. The number of hydrogen-bond acceptors (Lipinski definition) is 6. The molecule has 0 aliphatic carbocycles. The number of carbonyl (C=O) groups excluding carboxylic acids is 1. The molecule has 1 aliphatic rings. The van der Waals surface area contributed by atoms with E-state index in [0.29, 0.717) is 36.5 Å². The molecular formula is C17H22F2N4O3. The van der Waals surface area contributed by atoms with E-state index < -0.39 is 18.1 Å². The van der Waals surface area contributed by atoms with Gasteiger partial charge in [-0.3, -0.25) is 0 Å². The van der Waals surface area contributed by atoms with Crippen molar-refractivity contribution in [3.8, 4) is 0 Å². The molecule has 26 heavy (non-hydrogen) atoms. The summed E-state index contributed by atoms with van der Waals surface area (Å²) in [6.45, 7) is 5.21. The lowest BCUT2D eigenvalue weighted by Crippen LogP contribution is -2.29. The summed E-state index contributed by atoms with van der Waals surface area (Å²) in [7, 11) is 0. The van der Waals surface area contributed by atoms with Crippen LogP contribution in [0.2, 0.25) is 0 Å². The molecule has 1 fully saturated rings. The highest BCUT2D eigenvalue weighted by Crippen LogP contribution is 2.35. The third-order valence-corrected chi connectivity index (χ3v) is 4.37. The summed E-state index contributed by atoms with van der Waals surface area (Å²) in [4.78, 5) is 16.5. The van der Waals surface area contributed by atoms with Gasteiger partial charge >= 0.3 is 5.97 Å². The molecule has 0 aromatic carbocycles. The van der Waals surface area contributed by atoms with E-state index in [1.54, 1.807) is 13.1 Å². The molecule has 0 bridgehead atoms. The van der Waals surface area contributed by atoms with Gasteiger partial charge in [0.05, 0.1) is 23.9 Å². The largest absolute Gasteiger partial charge is 0.462 e. The summed E-state index contributed by atoms with van der Waals surface area (Å²) < 4.78 is 39.3. The predicted octanol–water partition coefficient (Wildman–Crippen LogP) is 3.16. The van der Waals surface area contributed by atoms with Crippen molar-refractivity contribution >= 4 is 22.7 Å². The van der Waals surface area contributed by atoms with E-state index in [1.807, 2.05) is 6.92 Å². The fourth-order valence-electron chi connectivity index (χ4n) is 3.10. The van der Waals surface area contributed by atoms with Gasteiger partial charge in [-0.15, -0.1) is 0 Å². The summed E-state index contributed by atoms with van der Waals surface area (Å²) in [5.41, 5.74) is -0.155. The number of nitrogens with one attached hydrogen (secondary N) is 1. The van der Waals surface area contributed by atoms with E-state index >= 15 is 0 Å². The molecule has 1 N–H and O–H groups in total. The first kappa shape index (κ1) is 18.5. The number of rotatable bonds is 6. The number of hydrogen-bond donors (Lipinski definition) is 1. The van der Waals surface area contributed by atoms with Crippen LogP contribution in [-0.2, 0) is 16.0 Å². The predicted molar refractivity (Wildman–Crippen MR) is 91.6 cm³/mol. The molecule has 0 radical (unpaired) electrons. The summed E-state index contributed by atoms with van der Waals surface area (Å²) >= 11 is 0. The number of esters is 1. The van der Waals surface area contributed by atoms with Crippen LogP contribution in [0.4, 0.5) is 14.5 Å². The molecule has 0 saturated carbocycles. The van der Waals surface area contributed by atoms with E-state index in [1.165, 1.54) is 4.68 Å². The van der Waals surface area contributed by atoms with Gasteiger partial charge < -0.3 is 14.8 Å². The Balaban J connectivity index is 2.19. The average Bonchev–Trinajstić information content (AvgIpc) is 3.05. The SMILES string of the molecule is CCOC(=O)c1c(C(F)F)nc2c(cnn2CC)c1NC1CCOCC1. The topological polar surface area (TPSA) is 78.3 Å². The normalized spacial score (nSPS) is 15.6. The molecule has 0 atom stereocenters. The third-order valence-electron chi connectivity index (χ3n) is 4.37. The number of nitrogens with zero attached hydrogens (tertiary/aromatic N) is 3. The lowest BCUT2D eigenvalue weighted by molar-refractivity contribution is 0.0515. The van der Waals surface area contributed by atoms with E-state index in [-0.39, 0.29) is 18.2 Å². The van der Waals surface area contributed by atoms with Crippen LogP contribution >= 0.6 is 0 Å². The molecule has 3 heterocycles. The maximum atomic E-state index is 13.7. The van der Waals surface area contributed by atoms with Crippen LogP contribution in [0.15, 0.2) is 6.20 Å². The van der Waals surface area contributed by atoms with Crippen LogP contribution < -0.4 is 5.32 Å². The van der Waals surface area contributed by atoms with Crippen LogP contribution in [0.1, 0.15) is 49.2 Å². The van der Waals surface area contributed by atoms with E-state index in [9.17, 15) is 13.6 Å². The van der Waals surface area contributed by atoms with Gasteiger partial charge in [0.15, 0.2) is 5.65 Å². The van der Waals surface area contributed by atoms with Gasteiger partial charge in [-0.25, -0.2) is 23.2 Å². The van der Waals surface area contributed by atoms with Crippen molar-refractivity contribution in [1.82, 2.24) is 14.8 Å². The Kier molecular flexibility index (Phi) is 5.65. The molecule has 3 rings (SSSR count). The van der Waals surface area contributed by atoms with Gasteiger partial charge in [-0.05, 0) is 26.7 Å². The number of aromatic nitrogens is 3. The second-order valence-electron chi connectivity index (χ2n) is 6.00. The summed E-state index contributed by atoms with van der Waals surface area (Å²) in [6.07, 6.45) is 0.0795. The number of pyridine rings is 1. The van der Waals surface area contributed by atoms with Gasteiger partial charge in [0.1, 0.15) is 11.3 Å². The van der Waals surface area contributed by atoms with Gasteiger partial charge in [0, 0.05) is 25.8 Å². The zero-order chi connectivity index (χ0) is 18.7. The summed E-state index contributed by atoms with van der Waals surface area (Å²) in [5.74, 6) is -0.809. The van der Waals surface area contributed by atoms with Crippen LogP contribution in [-0.4, -0.2) is 46.6 Å². The minimum atomic E-state index is -2.91. The van der Waals surface area contributed by atoms with E-state index in [0.717, 1.165) is 12.8 Å². The minimum absolute atomic E-state index is 0.0121. The summed E-state index contributed by atoms with van der Waals surface area (Å²) in [5, 5.41) is 8.00. The highest BCUT2D eigenvalue weighted by Gasteiger charge is 2.30. The van der Waals surface area contributed by atoms with Crippen LogP contribution in [0.25, 0.3) is 11.0 Å². The Bertz CT molecular complexity index is 788. The molecular weight excluding hydrogens is 346 g/mol. The fourth-order valence-corrected chi connectivity index (χ4v) is 3.10. The zero-order valence-corrected chi connectivity index (χ0v) is 14.8. The number of carbonyl (C=O) groups is 1. The first-order chi connectivity index (χ1) is 12.6. The number of alkyl halides is 2. The quantitative estimate of drug-likeness (QED) is 0.789. The van der Waals surface area contributed by atoms with Gasteiger partial charge in [-0.2, -0.15) is 5.10 Å². The number of aryl methyl sites for hydroxylation is 1. The molecule has 0 unspecified atom stereocenters. The van der Waals surface area contributed by atoms with Crippen molar-refractivity contribution in [3.05, 3.63) is 17.5 Å². The Hall–Kier alpha value is -2.29. The second-order valence-corrected chi connectivity index (χ2v) is 6.00. The van der Waals surface area contributed by atoms with Crippen molar-refractivity contribution in [2.45, 2.75) is 45.7 Å². The van der Waals surface area contributed by atoms with Gasteiger partial charge in [-0.1, -0.05) is 0 Å². The first-order valence-corrected chi connectivity index (χ1v) is 8.75. The fraction of sp³-hybridized carbons (Fsp3) is 0.588. The minimum Gasteiger partial charge on any atom is -0.462 e. The first-order valence-electron chi connectivity index (χ1n) is 8.75. The molecule has 7 nitrogen and oxygen atoms in total. The lowest BCUT2D eigenvalue weighted by atomic mass is 10.0. The zero-order valence-electron chi connectivity index (χ0n) is 14.8. The number of halogens is 2. The Labute approximate surface area is 149 Å². The molecule has 0 spiro atoms. The Morgan fingerprint density at radius 2 is 2.15 bits per heavy atom. The maximum absolute atomic E-state index is 13.7. The van der Waals surface area contributed by atoms with Crippen molar-refractivity contribution < 1.29 is 23.0 Å². The average molecular weight is 368 g/mol. The maximum Gasteiger partial charge on any atom is 0.342 e. The molecule has 9 heteroatoms. The molecule has 2 aromatic heterocycles. The number of anilines is 1. The highest BCUT2D eigenvalue weighted by molar-refractivity contribution is 6.05. The number of fused-ring (bicyclic) bond motifs is 1. The van der Waals surface area contributed by atoms with Gasteiger partial charge in [0.25, 0.3) is 6.43 Å². The lowest BCUT2D eigenvalue weighted by Gasteiger charge is -2.26. The third kappa shape index (κ3) is 3.48. The molecule has 142 valence electrons.